The first kappa shape index (κ1) is 25.3. The topological polar surface area (TPSA) is 106 Å². The standard InChI is InChI=1S/C21H22ClN3O5S4/c1-3-11-24-15-8-7-14(33(2,27)28)13-17(15)31-21(24)23-20(26)16-6-4-5-12-25(16)34(29,30)19-10-9-18(22)32-19/h3,7-10,13,16H,1,4-6,11-12H2,2H3. The van der Waals surface area contributed by atoms with E-state index >= 15 is 0 Å². The van der Waals surface area contributed by atoms with E-state index in [1.165, 1.54) is 33.8 Å². The molecule has 1 unspecified atom stereocenters. The zero-order valence-corrected chi connectivity index (χ0v) is 22.2. The first-order valence-corrected chi connectivity index (χ1v) is 15.7. The molecule has 3 heterocycles. The number of carbonyl (C=O) groups excluding carboxylic acids is 1. The van der Waals surface area contributed by atoms with Crippen LogP contribution in [0.3, 0.4) is 0 Å². The quantitative estimate of drug-likeness (QED) is 0.428. The summed E-state index contributed by atoms with van der Waals surface area (Å²) in [5, 5.41) is 0. The smallest absolute Gasteiger partial charge is 0.266 e. The molecule has 4 rings (SSSR count). The van der Waals surface area contributed by atoms with Crippen LogP contribution in [0, 0.1) is 0 Å². The van der Waals surface area contributed by atoms with Crippen LogP contribution in [0.25, 0.3) is 10.2 Å². The Labute approximate surface area is 210 Å². The van der Waals surface area contributed by atoms with Gasteiger partial charge in [0.2, 0.25) is 0 Å². The Kier molecular flexibility index (Phi) is 7.19. The van der Waals surface area contributed by atoms with Crippen molar-refractivity contribution in [3.63, 3.8) is 0 Å². The van der Waals surface area contributed by atoms with Gasteiger partial charge in [-0.3, -0.25) is 4.79 Å². The number of hydrogen-bond acceptors (Lipinski definition) is 7. The van der Waals surface area contributed by atoms with Gasteiger partial charge in [0.05, 0.1) is 19.4 Å². The largest absolute Gasteiger partial charge is 0.313 e. The molecule has 1 aliphatic heterocycles. The van der Waals surface area contributed by atoms with Crippen molar-refractivity contribution < 1.29 is 21.6 Å². The molecule has 1 aromatic carbocycles. The molecule has 3 aromatic rings. The minimum Gasteiger partial charge on any atom is -0.313 e. The highest BCUT2D eigenvalue weighted by molar-refractivity contribution is 7.91. The predicted molar refractivity (Wildman–Crippen MR) is 135 cm³/mol. The lowest BCUT2D eigenvalue weighted by molar-refractivity contribution is -0.122. The second-order valence-electron chi connectivity index (χ2n) is 7.82. The van der Waals surface area contributed by atoms with Crippen molar-refractivity contribution in [3.05, 3.63) is 52.1 Å². The number of halogens is 1. The molecule has 1 amide bonds. The van der Waals surface area contributed by atoms with Crippen molar-refractivity contribution in [1.82, 2.24) is 8.87 Å². The van der Waals surface area contributed by atoms with Crippen molar-refractivity contribution in [3.8, 4) is 0 Å². The van der Waals surface area contributed by atoms with Gasteiger partial charge in [0.1, 0.15) is 10.3 Å². The molecule has 1 fully saturated rings. The number of hydrogen-bond donors (Lipinski definition) is 0. The molecule has 0 N–H and O–H groups in total. The van der Waals surface area contributed by atoms with E-state index in [0.29, 0.717) is 45.2 Å². The fourth-order valence-corrected chi connectivity index (χ4v) is 8.90. The minimum absolute atomic E-state index is 0.0917. The Bertz CT molecular complexity index is 1550. The van der Waals surface area contributed by atoms with Crippen LogP contribution >= 0.6 is 34.3 Å². The number of sulfone groups is 1. The molecular weight excluding hydrogens is 538 g/mol. The summed E-state index contributed by atoms with van der Waals surface area (Å²) in [5.41, 5.74) is 0.713. The molecule has 8 nitrogen and oxygen atoms in total. The summed E-state index contributed by atoms with van der Waals surface area (Å²) >= 11 is 8.07. The van der Waals surface area contributed by atoms with Crippen LogP contribution in [-0.2, 0) is 31.2 Å². The summed E-state index contributed by atoms with van der Waals surface area (Å²) in [6, 6.07) is 6.78. The average Bonchev–Trinajstić information content (AvgIpc) is 3.37. The summed E-state index contributed by atoms with van der Waals surface area (Å²) in [4.78, 5) is 18.1. The van der Waals surface area contributed by atoms with E-state index in [1.807, 2.05) is 0 Å². The number of carbonyl (C=O) groups is 1. The van der Waals surface area contributed by atoms with E-state index in [1.54, 1.807) is 22.8 Å². The molecule has 182 valence electrons. The molecule has 0 radical (unpaired) electrons. The van der Waals surface area contributed by atoms with Gasteiger partial charge in [-0.1, -0.05) is 35.4 Å². The van der Waals surface area contributed by atoms with Gasteiger partial charge in [-0.05, 0) is 43.2 Å². The van der Waals surface area contributed by atoms with Gasteiger partial charge in [-0.25, -0.2) is 16.8 Å². The third kappa shape index (κ3) is 4.93. The lowest BCUT2D eigenvalue weighted by Gasteiger charge is -2.31. The highest BCUT2D eigenvalue weighted by Crippen LogP contribution is 2.32. The number of piperidine rings is 1. The fraction of sp³-hybridized carbons (Fsp3) is 0.333. The number of thiophene rings is 1. The molecule has 2 aromatic heterocycles. The average molecular weight is 560 g/mol. The number of fused-ring (bicyclic) bond motifs is 1. The maximum Gasteiger partial charge on any atom is 0.266 e. The van der Waals surface area contributed by atoms with Gasteiger partial charge in [0, 0.05) is 19.3 Å². The third-order valence-electron chi connectivity index (χ3n) is 5.45. The second-order valence-corrected chi connectivity index (χ2v) is 14.7. The van der Waals surface area contributed by atoms with Gasteiger partial charge in [-0.15, -0.1) is 17.9 Å². The van der Waals surface area contributed by atoms with Crippen molar-refractivity contribution in [2.24, 2.45) is 4.99 Å². The van der Waals surface area contributed by atoms with Crippen LogP contribution < -0.4 is 4.80 Å². The highest BCUT2D eigenvalue weighted by Gasteiger charge is 2.38. The number of benzene rings is 1. The number of amides is 1. The molecule has 13 heteroatoms. The summed E-state index contributed by atoms with van der Waals surface area (Å²) < 4.78 is 54.4. The van der Waals surface area contributed by atoms with Crippen LogP contribution in [0.5, 0.6) is 0 Å². The molecule has 0 spiro atoms. The van der Waals surface area contributed by atoms with E-state index in [2.05, 4.69) is 11.6 Å². The number of aromatic nitrogens is 1. The zero-order valence-electron chi connectivity index (χ0n) is 18.2. The zero-order chi connectivity index (χ0) is 24.7. The van der Waals surface area contributed by atoms with Crippen molar-refractivity contribution >= 4 is 70.3 Å². The molecule has 1 atom stereocenters. The summed E-state index contributed by atoms with van der Waals surface area (Å²) in [6.45, 7) is 4.33. The Morgan fingerprint density at radius 2 is 1.97 bits per heavy atom. The normalized spacial score (nSPS) is 18.4. The number of rotatable bonds is 6. The van der Waals surface area contributed by atoms with Crippen LogP contribution in [-0.4, -0.2) is 50.5 Å². The Hall–Kier alpha value is -1.83. The number of sulfonamides is 1. The van der Waals surface area contributed by atoms with Gasteiger partial charge in [-0.2, -0.15) is 9.30 Å². The Morgan fingerprint density at radius 1 is 1.21 bits per heavy atom. The molecule has 1 saturated heterocycles. The van der Waals surface area contributed by atoms with Crippen LogP contribution in [0.15, 0.2) is 57.1 Å². The monoisotopic (exact) mass is 559 g/mol. The van der Waals surface area contributed by atoms with Gasteiger partial charge in [0.15, 0.2) is 14.6 Å². The maximum absolute atomic E-state index is 13.3. The van der Waals surface area contributed by atoms with E-state index in [9.17, 15) is 21.6 Å². The van der Waals surface area contributed by atoms with Crippen LogP contribution in [0.2, 0.25) is 4.34 Å². The van der Waals surface area contributed by atoms with Gasteiger partial charge >= 0.3 is 0 Å². The first-order chi connectivity index (χ1) is 16.0. The first-order valence-electron chi connectivity index (χ1n) is 10.3. The van der Waals surface area contributed by atoms with E-state index in [4.69, 9.17) is 11.6 Å². The number of nitrogens with zero attached hydrogens (tertiary/aromatic N) is 3. The van der Waals surface area contributed by atoms with Crippen molar-refractivity contribution in [2.45, 2.75) is 41.0 Å². The SMILES string of the molecule is C=CCn1c(=NC(=O)C2CCCCN2S(=O)(=O)c2ccc(Cl)s2)sc2cc(S(C)(=O)=O)ccc21. The van der Waals surface area contributed by atoms with E-state index < -0.39 is 31.8 Å². The number of allylic oxidation sites excluding steroid dienone is 1. The van der Waals surface area contributed by atoms with Crippen molar-refractivity contribution in [2.75, 3.05) is 12.8 Å². The van der Waals surface area contributed by atoms with E-state index in [0.717, 1.165) is 17.6 Å². The van der Waals surface area contributed by atoms with Crippen LogP contribution in [0.4, 0.5) is 0 Å². The molecular formula is C21H22ClN3O5S4. The number of thiazole rings is 1. The second kappa shape index (κ2) is 9.67. The Balaban J connectivity index is 1.77. The van der Waals surface area contributed by atoms with E-state index in [-0.39, 0.29) is 15.6 Å². The predicted octanol–water partition coefficient (Wildman–Crippen LogP) is 3.68. The summed E-state index contributed by atoms with van der Waals surface area (Å²) in [6.07, 6.45) is 4.51. The molecule has 1 aliphatic rings. The molecule has 0 aliphatic carbocycles. The summed E-state index contributed by atoms with van der Waals surface area (Å²) in [7, 11) is -7.30. The van der Waals surface area contributed by atoms with Gasteiger partial charge < -0.3 is 4.57 Å². The molecule has 0 bridgehead atoms. The lowest BCUT2D eigenvalue weighted by Crippen LogP contribution is -2.47. The van der Waals surface area contributed by atoms with Gasteiger partial charge in [0.25, 0.3) is 15.9 Å². The third-order valence-corrected chi connectivity index (χ3v) is 11.2. The maximum atomic E-state index is 13.3. The Morgan fingerprint density at radius 3 is 2.62 bits per heavy atom. The lowest BCUT2D eigenvalue weighted by atomic mass is 10.0. The molecule has 34 heavy (non-hydrogen) atoms. The highest BCUT2D eigenvalue weighted by atomic mass is 35.5. The minimum atomic E-state index is -3.89. The van der Waals surface area contributed by atoms with Crippen molar-refractivity contribution in [1.29, 1.82) is 0 Å². The fourth-order valence-electron chi connectivity index (χ4n) is 3.84. The molecule has 0 saturated carbocycles. The van der Waals surface area contributed by atoms with Crippen LogP contribution in [0.1, 0.15) is 19.3 Å². The summed E-state index contributed by atoms with van der Waals surface area (Å²) in [5.74, 6) is -0.557.